The number of fused-ring (bicyclic) bond motifs is 1. The number of rotatable bonds is 4. The van der Waals surface area contributed by atoms with Crippen LogP contribution >= 0.6 is 0 Å². The monoisotopic (exact) mass is 303 g/mol. The van der Waals surface area contributed by atoms with Crippen molar-refractivity contribution in [3.8, 4) is 0 Å². The Morgan fingerprint density at radius 1 is 1.23 bits per heavy atom. The minimum Gasteiger partial charge on any atom is -0.305 e. The average molecular weight is 303 g/mol. The fraction of sp³-hybridized carbons (Fsp3) is 0.400. The lowest BCUT2D eigenvalue weighted by Crippen LogP contribution is -2.20. The van der Waals surface area contributed by atoms with Gasteiger partial charge in [-0.3, -0.25) is 10.00 Å². The number of alkyl halides is 1. The van der Waals surface area contributed by atoms with E-state index in [0.29, 0.717) is 11.5 Å². The minimum absolute atomic E-state index is 0.176. The van der Waals surface area contributed by atoms with Crippen LogP contribution < -0.4 is 10.6 Å². The molecule has 7 heteroatoms. The molecule has 0 unspecified atom stereocenters. The predicted octanol–water partition coefficient (Wildman–Crippen LogP) is 2.77. The van der Waals surface area contributed by atoms with Crippen molar-refractivity contribution in [1.29, 1.82) is 0 Å². The molecule has 0 spiro atoms. The van der Waals surface area contributed by atoms with Gasteiger partial charge in [0.2, 0.25) is 0 Å². The van der Waals surface area contributed by atoms with Crippen LogP contribution in [-0.2, 0) is 19.4 Å². The molecule has 2 aromatic heterocycles. The van der Waals surface area contributed by atoms with Gasteiger partial charge in [0.1, 0.15) is 12.5 Å². The summed E-state index contributed by atoms with van der Waals surface area (Å²) < 4.78 is 13.6. The maximum Gasteiger partial charge on any atom is 0.324 e. The second-order valence-corrected chi connectivity index (χ2v) is 5.31. The molecule has 2 N–H and O–H groups in total. The Labute approximate surface area is 127 Å². The number of amides is 2. The molecule has 3 rings (SSSR count). The number of nitrogens with one attached hydrogen (secondary N) is 2. The van der Waals surface area contributed by atoms with E-state index in [1.54, 1.807) is 6.20 Å². The second-order valence-electron chi connectivity index (χ2n) is 5.31. The van der Waals surface area contributed by atoms with Gasteiger partial charge in [0.25, 0.3) is 0 Å². The molecule has 22 heavy (non-hydrogen) atoms. The van der Waals surface area contributed by atoms with Crippen LogP contribution in [0.1, 0.15) is 24.0 Å². The molecule has 1 aliphatic carbocycles. The van der Waals surface area contributed by atoms with E-state index in [0.717, 1.165) is 12.8 Å². The maximum absolute atomic E-state index is 12.2. The quantitative estimate of drug-likeness (QED) is 0.912. The molecule has 0 atom stereocenters. The fourth-order valence-corrected chi connectivity index (χ4v) is 2.60. The van der Waals surface area contributed by atoms with Crippen molar-refractivity contribution in [2.45, 2.75) is 32.2 Å². The van der Waals surface area contributed by atoms with Crippen LogP contribution in [0.15, 0.2) is 24.7 Å². The standard InChI is InChI=1S/C15H18FN5O/c16-5-6-21-10-13(9-18-21)19-15(22)20-14-7-11-3-1-2-4-12(11)8-17-14/h7-10H,1-6H2,(H2,17,19,20,22). The first-order chi connectivity index (χ1) is 10.7. The van der Waals surface area contributed by atoms with E-state index in [1.165, 1.54) is 34.8 Å². The van der Waals surface area contributed by atoms with Gasteiger partial charge in [0.15, 0.2) is 0 Å². The van der Waals surface area contributed by atoms with Crippen molar-refractivity contribution in [2.24, 2.45) is 0 Å². The Kier molecular flexibility index (Phi) is 4.32. The van der Waals surface area contributed by atoms with Crippen molar-refractivity contribution in [1.82, 2.24) is 14.8 Å². The van der Waals surface area contributed by atoms with Crippen LogP contribution in [0.2, 0.25) is 0 Å². The number of carbonyl (C=O) groups excluding carboxylic acids is 1. The number of pyridine rings is 1. The topological polar surface area (TPSA) is 71.8 Å². The van der Waals surface area contributed by atoms with Gasteiger partial charge in [-0.2, -0.15) is 5.10 Å². The molecule has 2 amide bonds. The highest BCUT2D eigenvalue weighted by Crippen LogP contribution is 2.22. The van der Waals surface area contributed by atoms with Crippen molar-refractivity contribution in [3.05, 3.63) is 35.8 Å². The van der Waals surface area contributed by atoms with E-state index in [1.807, 2.05) is 12.3 Å². The Bertz CT molecular complexity index is 670. The summed E-state index contributed by atoms with van der Waals surface area (Å²) >= 11 is 0. The maximum atomic E-state index is 12.2. The third-order valence-electron chi connectivity index (χ3n) is 3.67. The summed E-state index contributed by atoms with van der Waals surface area (Å²) in [6, 6.07) is 1.55. The van der Waals surface area contributed by atoms with E-state index < -0.39 is 6.67 Å². The zero-order valence-electron chi connectivity index (χ0n) is 12.2. The van der Waals surface area contributed by atoms with Gasteiger partial charge in [-0.05, 0) is 42.9 Å². The molecule has 0 saturated heterocycles. The van der Waals surface area contributed by atoms with Crippen molar-refractivity contribution in [3.63, 3.8) is 0 Å². The largest absolute Gasteiger partial charge is 0.324 e. The van der Waals surface area contributed by atoms with Gasteiger partial charge in [-0.25, -0.2) is 14.2 Å². The molecule has 0 saturated carbocycles. The molecule has 2 heterocycles. The molecule has 0 aromatic carbocycles. The van der Waals surface area contributed by atoms with Gasteiger partial charge in [-0.1, -0.05) is 0 Å². The zero-order chi connectivity index (χ0) is 15.4. The van der Waals surface area contributed by atoms with Crippen molar-refractivity contribution < 1.29 is 9.18 Å². The molecule has 0 fully saturated rings. The van der Waals surface area contributed by atoms with Gasteiger partial charge in [0, 0.05) is 12.4 Å². The average Bonchev–Trinajstić information content (AvgIpc) is 2.94. The summed E-state index contributed by atoms with van der Waals surface area (Å²) in [6.45, 7) is -0.317. The number of urea groups is 1. The zero-order valence-corrected chi connectivity index (χ0v) is 12.2. The highest BCUT2D eigenvalue weighted by molar-refractivity contribution is 5.99. The summed E-state index contributed by atoms with van der Waals surface area (Å²) in [5.41, 5.74) is 3.04. The molecule has 0 aliphatic heterocycles. The van der Waals surface area contributed by atoms with Crippen LogP contribution in [0.3, 0.4) is 0 Å². The number of halogens is 1. The molecular formula is C15H18FN5O. The van der Waals surface area contributed by atoms with E-state index >= 15 is 0 Å². The summed E-state index contributed by atoms with van der Waals surface area (Å²) in [5.74, 6) is 0.536. The number of aryl methyl sites for hydroxylation is 3. The number of carbonyl (C=O) groups is 1. The summed E-state index contributed by atoms with van der Waals surface area (Å²) in [7, 11) is 0. The van der Waals surface area contributed by atoms with Crippen LogP contribution in [0.5, 0.6) is 0 Å². The van der Waals surface area contributed by atoms with Crippen LogP contribution in [0.4, 0.5) is 20.7 Å². The van der Waals surface area contributed by atoms with Gasteiger partial charge < -0.3 is 5.32 Å². The lowest BCUT2D eigenvalue weighted by molar-refractivity contribution is 0.262. The molecule has 1 aliphatic rings. The van der Waals surface area contributed by atoms with Crippen molar-refractivity contribution in [2.75, 3.05) is 17.3 Å². The van der Waals surface area contributed by atoms with Crippen LogP contribution in [-0.4, -0.2) is 27.5 Å². The lowest BCUT2D eigenvalue weighted by atomic mass is 9.93. The number of hydrogen-bond acceptors (Lipinski definition) is 3. The Hall–Kier alpha value is -2.44. The summed E-state index contributed by atoms with van der Waals surface area (Å²) in [4.78, 5) is 16.2. The van der Waals surface area contributed by atoms with E-state index in [2.05, 4.69) is 20.7 Å². The Morgan fingerprint density at radius 3 is 2.86 bits per heavy atom. The SMILES string of the molecule is O=C(Nc1cnn(CCF)c1)Nc1cc2c(cn1)CCCC2. The highest BCUT2D eigenvalue weighted by atomic mass is 19.1. The third-order valence-corrected chi connectivity index (χ3v) is 3.67. The summed E-state index contributed by atoms with van der Waals surface area (Å²) in [5, 5.41) is 9.31. The molecule has 0 radical (unpaired) electrons. The predicted molar refractivity (Wildman–Crippen MR) is 81.7 cm³/mol. The number of nitrogens with zero attached hydrogens (tertiary/aromatic N) is 3. The molecule has 6 nitrogen and oxygen atoms in total. The first kappa shape index (κ1) is 14.5. The number of hydrogen-bond donors (Lipinski definition) is 2. The van der Waals surface area contributed by atoms with E-state index in [-0.39, 0.29) is 12.6 Å². The first-order valence-electron chi connectivity index (χ1n) is 7.39. The second kappa shape index (κ2) is 6.55. The highest BCUT2D eigenvalue weighted by Gasteiger charge is 2.12. The number of anilines is 2. The Balaban J connectivity index is 1.61. The molecular weight excluding hydrogens is 285 g/mol. The molecule has 0 bridgehead atoms. The van der Waals surface area contributed by atoms with Gasteiger partial charge in [-0.15, -0.1) is 0 Å². The Morgan fingerprint density at radius 2 is 2.05 bits per heavy atom. The van der Waals surface area contributed by atoms with Crippen LogP contribution in [0, 0.1) is 0 Å². The lowest BCUT2D eigenvalue weighted by Gasteiger charge is -2.16. The van der Waals surface area contributed by atoms with Crippen LogP contribution in [0.25, 0.3) is 0 Å². The minimum atomic E-state index is -0.494. The smallest absolute Gasteiger partial charge is 0.305 e. The normalized spacial score (nSPS) is 13.5. The molecule has 2 aromatic rings. The fourth-order valence-electron chi connectivity index (χ4n) is 2.60. The van der Waals surface area contributed by atoms with E-state index in [9.17, 15) is 9.18 Å². The third kappa shape index (κ3) is 3.41. The summed E-state index contributed by atoms with van der Waals surface area (Å²) in [6.07, 6.45) is 9.37. The first-order valence-corrected chi connectivity index (χ1v) is 7.39. The van der Waals surface area contributed by atoms with Crippen molar-refractivity contribution >= 4 is 17.5 Å². The number of aromatic nitrogens is 3. The van der Waals surface area contributed by atoms with Gasteiger partial charge in [0.05, 0.1) is 18.4 Å². The van der Waals surface area contributed by atoms with E-state index in [4.69, 9.17) is 0 Å². The van der Waals surface area contributed by atoms with Gasteiger partial charge >= 0.3 is 6.03 Å². The molecule has 116 valence electrons.